The van der Waals surface area contributed by atoms with E-state index in [-0.39, 0.29) is 10.5 Å². The number of nitrogens with one attached hydrogen (secondary N) is 2. The highest BCUT2D eigenvalue weighted by Crippen LogP contribution is 2.33. The predicted octanol–water partition coefficient (Wildman–Crippen LogP) is 5.40. The first-order valence-corrected chi connectivity index (χ1v) is 12.7. The van der Waals surface area contributed by atoms with Gasteiger partial charge in [0.1, 0.15) is 5.82 Å². The van der Waals surface area contributed by atoms with E-state index in [1.54, 1.807) is 30.3 Å². The second-order valence-corrected chi connectivity index (χ2v) is 10.2. The lowest BCUT2D eigenvalue weighted by Crippen LogP contribution is -2.30. The summed E-state index contributed by atoms with van der Waals surface area (Å²) in [4.78, 5) is 20.6. The first kappa shape index (κ1) is 21.4. The van der Waals surface area contributed by atoms with E-state index in [1.165, 1.54) is 24.8 Å². The smallest absolute Gasteiger partial charge is 0.265 e. The molecule has 33 heavy (non-hydrogen) atoms. The fraction of sp³-hybridized carbons (Fsp3) is 0.231. The van der Waals surface area contributed by atoms with Gasteiger partial charge in [-0.05, 0) is 54.7 Å². The summed E-state index contributed by atoms with van der Waals surface area (Å²) < 4.78 is 27.8. The van der Waals surface area contributed by atoms with Gasteiger partial charge in [-0.3, -0.25) is 4.79 Å². The molecule has 1 saturated carbocycles. The number of aromatic nitrogens is 2. The summed E-state index contributed by atoms with van der Waals surface area (Å²) in [6.45, 7) is 0. The number of carbonyl (C=O) groups excluding carboxylic acids is 1. The van der Waals surface area contributed by atoms with E-state index in [4.69, 9.17) is 0 Å². The maximum atomic E-state index is 12.8. The molecule has 0 saturated heterocycles. The van der Waals surface area contributed by atoms with Crippen molar-refractivity contribution in [2.24, 2.45) is 0 Å². The molecule has 1 aliphatic carbocycles. The monoisotopic (exact) mass is 459 g/mol. The summed E-state index contributed by atoms with van der Waals surface area (Å²) in [5, 5.41) is 0. The molecule has 2 N–H and O–H groups in total. The summed E-state index contributed by atoms with van der Waals surface area (Å²) >= 11 is 0. The van der Waals surface area contributed by atoms with Crippen LogP contribution in [0.1, 0.15) is 53.9 Å². The predicted molar refractivity (Wildman–Crippen MR) is 128 cm³/mol. The van der Waals surface area contributed by atoms with Gasteiger partial charge in [0.25, 0.3) is 15.9 Å². The Morgan fingerprint density at radius 2 is 1.64 bits per heavy atom. The first-order chi connectivity index (χ1) is 16.0. The van der Waals surface area contributed by atoms with Crippen LogP contribution in [0.25, 0.3) is 22.4 Å². The van der Waals surface area contributed by atoms with E-state index in [1.807, 2.05) is 42.5 Å². The van der Waals surface area contributed by atoms with Crippen molar-refractivity contribution in [1.82, 2.24) is 14.7 Å². The SMILES string of the molecule is O=C(NS(=O)(=O)c1ccc(C2CCCCC2)cc1)c1ccc2nc(-c3ccccc3)[nH]c2c1. The molecule has 4 aromatic rings. The minimum Gasteiger partial charge on any atom is -0.338 e. The molecule has 0 bridgehead atoms. The maximum Gasteiger partial charge on any atom is 0.265 e. The summed E-state index contributed by atoms with van der Waals surface area (Å²) in [5.41, 5.74) is 3.70. The number of rotatable bonds is 5. The zero-order chi connectivity index (χ0) is 22.8. The fourth-order valence-corrected chi connectivity index (χ4v) is 5.45. The molecule has 1 aromatic heterocycles. The third kappa shape index (κ3) is 4.54. The Balaban J connectivity index is 1.33. The number of aromatic amines is 1. The summed E-state index contributed by atoms with van der Waals surface area (Å²) in [6.07, 6.45) is 5.99. The molecule has 7 heteroatoms. The number of hydrogen-bond donors (Lipinski definition) is 2. The molecule has 3 aromatic carbocycles. The molecule has 1 aliphatic rings. The van der Waals surface area contributed by atoms with Crippen LogP contribution >= 0.6 is 0 Å². The topological polar surface area (TPSA) is 91.9 Å². The van der Waals surface area contributed by atoms with Crippen LogP contribution in [-0.4, -0.2) is 24.3 Å². The van der Waals surface area contributed by atoms with Crippen molar-refractivity contribution in [2.45, 2.75) is 42.9 Å². The number of fused-ring (bicyclic) bond motifs is 1. The molecule has 168 valence electrons. The Hall–Kier alpha value is -3.45. The average Bonchev–Trinajstić information content (AvgIpc) is 3.28. The molecule has 0 atom stereocenters. The number of nitrogens with zero attached hydrogens (tertiary/aromatic N) is 1. The number of imidazole rings is 1. The van der Waals surface area contributed by atoms with Gasteiger partial charge in [0, 0.05) is 11.1 Å². The molecule has 0 unspecified atom stereocenters. The number of H-pyrrole nitrogens is 1. The molecule has 1 fully saturated rings. The third-order valence-corrected chi connectivity index (χ3v) is 7.63. The highest BCUT2D eigenvalue weighted by molar-refractivity contribution is 7.90. The van der Waals surface area contributed by atoms with Crippen LogP contribution in [0.2, 0.25) is 0 Å². The van der Waals surface area contributed by atoms with Crippen molar-refractivity contribution < 1.29 is 13.2 Å². The minimum absolute atomic E-state index is 0.0874. The lowest BCUT2D eigenvalue weighted by atomic mass is 9.84. The van der Waals surface area contributed by atoms with Crippen molar-refractivity contribution in [1.29, 1.82) is 0 Å². The highest BCUT2D eigenvalue weighted by atomic mass is 32.2. The molecule has 1 amide bonds. The van der Waals surface area contributed by atoms with E-state index < -0.39 is 15.9 Å². The maximum absolute atomic E-state index is 12.8. The Morgan fingerprint density at radius 1 is 0.909 bits per heavy atom. The van der Waals surface area contributed by atoms with Gasteiger partial charge in [-0.1, -0.05) is 61.7 Å². The number of hydrogen-bond acceptors (Lipinski definition) is 4. The fourth-order valence-electron chi connectivity index (χ4n) is 4.48. The molecule has 0 radical (unpaired) electrons. The van der Waals surface area contributed by atoms with Crippen LogP contribution in [0.15, 0.2) is 77.7 Å². The number of carbonyl (C=O) groups is 1. The second kappa shape index (κ2) is 8.83. The molecule has 0 spiro atoms. The molecule has 1 heterocycles. The Morgan fingerprint density at radius 3 is 2.36 bits per heavy atom. The van der Waals surface area contributed by atoms with Crippen molar-refractivity contribution in [3.63, 3.8) is 0 Å². The van der Waals surface area contributed by atoms with E-state index in [0.29, 0.717) is 22.8 Å². The quantitative estimate of drug-likeness (QED) is 0.418. The van der Waals surface area contributed by atoms with Crippen molar-refractivity contribution in [2.75, 3.05) is 0 Å². The summed E-state index contributed by atoms with van der Waals surface area (Å²) in [5.74, 6) is 0.505. The first-order valence-electron chi connectivity index (χ1n) is 11.2. The Labute approximate surface area is 193 Å². The zero-order valence-corrected chi connectivity index (χ0v) is 18.9. The summed E-state index contributed by atoms with van der Waals surface area (Å²) in [6, 6.07) is 21.5. The molecule has 6 nitrogen and oxygen atoms in total. The van der Waals surface area contributed by atoms with Crippen LogP contribution in [0.4, 0.5) is 0 Å². The lowest BCUT2D eigenvalue weighted by molar-refractivity contribution is 0.0981. The standard InChI is InChI=1S/C26H25N3O3S/c30-26(21-13-16-23-24(17-21)28-25(27-23)20-9-5-2-6-10-20)29-33(31,32)22-14-11-19(12-15-22)18-7-3-1-4-8-18/h2,5-6,9-18H,1,3-4,7-8H2,(H,27,28)(H,29,30). The average molecular weight is 460 g/mol. The Kier molecular flexibility index (Phi) is 5.72. The van der Waals surface area contributed by atoms with Gasteiger partial charge in [-0.15, -0.1) is 0 Å². The van der Waals surface area contributed by atoms with Gasteiger partial charge < -0.3 is 4.98 Å². The Bertz CT molecular complexity index is 1390. The van der Waals surface area contributed by atoms with Gasteiger partial charge >= 0.3 is 0 Å². The normalized spacial score (nSPS) is 14.9. The van der Waals surface area contributed by atoms with E-state index >= 15 is 0 Å². The molecular weight excluding hydrogens is 434 g/mol. The van der Waals surface area contributed by atoms with Crippen LogP contribution in [0, 0.1) is 0 Å². The van der Waals surface area contributed by atoms with Crippen LogP contribution in [0.5, 0.6) is 0 Å². The van der Waals surface area contributed by atoms with Gasteiger partial charge in [-0.2, -0.15) is 0 Å². The number of benzene rings is 3. The van der Waals surface area contributed by atoms with Gasteiger partial charge in [-0.25, -0.2) is 18.1 Å². The largest absolute Gasteiger partial charge is 0.338 e. The van der Waals surface area contributed by atoms with Gasteiger partial charge in [0.2, 0.25) is 0 Å². The van der Waals surface area contributed by atoms with E-state index in [2.05, 4.69) is 14.7 Å². The highest BCUT2D eigenvalue weighted by Gasteiger charge is 2.21. The molecular formula is C26H25N3O3S. The zero-order valence-electron chi connectivity index (χ0n) is 18.1. The van der Waals surface area contributed by atoms with E-state index in [9.17, 15) is 13.2 Å². The van der Waals surface area contributed by atoms with Crippen LogP contribution in [0.3, 0.4) is 0 Å². The summed E-state index contributed by atoms with van der Waals surface area (Å²) in [7, 11) is -3.97. The molecule has 5 rings (SSSR count). The second-order valence-electron chi connectivity index (χ2n) is 8.52. The molecule has 0 aliphatic heterocycles. The number of amides is 1. The van der Waals surface area contributed by atoms with Crippen LogP contribution < -0.4 is 4.72 Å². The van der Waals surface area contributed by atoms with Crippen molar-refractivity contribution in [3.05, 3.63) is 83.9 Å². The van der Waals surface area contributed by atoms with E-state index in [0.717, 1.165) is 18.4 Å². The lowest BCUT2D eigenvalue weighted by Gasteiger charge is -2.22. The van der Waals surface area contributed by atoms with Crippen molar-refractivity contribution >= 4 is 27.0 Å². The van der Waals surface area contributed by atoms with Gasteiger partial charge in [0.15, 0.2) is 0 Å². The van der Waals surface area contributed by atoms with Crippen LogP contribution in [-0.2, 0) is 10.0 Å². The minimum atomic E-state index is -3.97. The van der Waals surface area contributed by atoms with Crippen molar-refractivity contribution in [3.8, 4) is 11.4 Å². The third-order valence-electron chi connectivity index (χ3n) is 6.29. The number of sulfonamides is 1. The van der Waals surface area contributed by atoms with Gasteiger partial charge in [0.05, 0.1) is 15.9 Å².